The fourth-order valence-corrected chi connectivity index (χ4v) is 11.4. The van der Waals surface area contributed by atoms with Crippen molar-refractivity contribution in [3.63, 3.8) is 0 Å². The van der Waals surface area contributed by atoms with Crippen LogP contribution in [-0.2, 0) is 23.9 Å². The minimum Gasteiger partial charge on any atom is -0.465 e. The molecule has 0 spiro atoms. The van der Waals surface area contributed by atoms with E-state index in [1.54, 1.807) is 6.92 Å². The third-order valence-electron chi connectivity index (χ3n) is 13.8. The number of esters is 2. The van der Waals surface area contributed by atoms with Gasteiger partial charge in [-0.2, -0.15) is 0 Å². The molecule has 4 saturated carbocycles. The van der Waals surface area contributed by atoms with Gasteiger partial charge in [-0.05, 0) is 104 Å². The third-order valence-corrected chi connectivity index (χ3v) is 13.8. The van der Waals surface area contributed by atoms with E-state index in [1.165, 1.54) is 19.8 Å². The van der Waals surface area contributed by atoms with Gasteiger partial charge in [0.2, 0.25) is 0 Å². The SMILES string of the molecule is CC(=O)OC[C@]12CCC(C)(C)C[C@H]1[C@]1(C)CC[C@@]3(C)C4C(=O)CC(OC(C)=O)=C(C)[C@@]4(C)CCC3[C@@]1(C)CC2. The number of ketones is 1. The summed E-state index contributed by atoms with van der Waals surface area (Å²) in [6.45, 7) is 20.3. The standard InChI is InChI=1S/C34H52O5/c1-21-25(39-23(3)36)18-24(37)28-30(21,6)11-10-26-31(28,7)13-14-33(9)27-19-29(4,5)12-16-34(27,20-38-22(2)35)17-15-32(26,33)8/h26-28H,10-20H2,1-9H3/t26?,27-,28?,30+,31+,32+,33-,34+/m0/s1. The number of hydrogen-bond acceptors (Lipinski definition) is 5. The largest absolute Gasteiger partial charge is 0.465 e. The zero-order valence-corrected chi connectivity index (χ0v) is 26.1. The number of carbonyl (C=O) groups is 3. The van der Waals surface area contributed by atoms with Crippen LogP contribution in [0.5, 0.6) is 0 Å². The summed E-state index contributed by atoms with van der Waals surface area (Å²) in [5.74, 6) is 1.28. The van der Waals surface area contributed by atoms with Crippen LogP contribution < -0.4 is 0 Å². The number of hydrogen-bond donors (Lipinski definition) is 0. The fraction of sp³-hybridized carbons (Fsp3) is 0.853. The maximum atomic E-state index is 14.0. The lowest BCUT2D eigenvalue weighted by Gasteiger charge is -2.74. The Morgan fingerprint density at radius 2 is 1.44 bits per heavy atom. The van der Waals surface area contributed by atoms with Crippen molar-refractivity contribution in [1.29, 1.82) is 0 Å². The minimum absolute atomic E-state index is 0.0417. The Labute approximate surface area is 236 Å². The molecule has 0 aromatic rings. The average Bonchev–Trinajstić information content (AvgIpc) is 2.82. The second kappa shape index (κ2) is 8.92. The van der Waals surface area contributed by atoms with E-state index >= 15 is 0 Å². The lowest BCUT2D eigenvalue weighted by molar-refractivity contribution is -0.255. The van der Waals surface area contributed by atoms with Crippen LogP contribution in [0.15, 0.2) is 11.3 Å². The summed E-state index contributed by atoms with van der Waals surface area (Å²) in [6.07, 6.45) is 10.2. The highest BCUT2D eigenvalue weighted by Gasteiger charge is 2.72. The van der Waals surface area contributed by atoms with Crippen molar-refractivity contribution in [3.8, 4) is 0 Å². The van der Waals surface area contributed by atoms with Crippen molar-refractivity contribution in [3.05, 3.63) is 11.3 Å². The predicted octanol–water partition coefficient (Wildman–Crippen LogP) is 7.81. The molecule has 0 aromatic carbocycles. The number of allylic oxidation sites excluding steroid dienone is 2. The summed E-state index contributed by atoms with van der Waals surface area (Å²) < 4.78 is 11.4. The van der Waals surface area contributed by atoms with Gasteiger partial charge in [0.1, 0.15) is 11.5 Å². The number of Topliss-reactive ketones (excluding diaryl/α,β-unsaturated/α-hetero) is 1. The van der Waals surface area contributed by atoms with Gasteiger partial charge in [-0.1, -0.05) is 41.5 Å². The molecule has 0 N–H and O–H groups in total. The Morgan fingerprint density at radius 1 is 0.821 bits per heavy atom. The molecule has 39 heavy (non-hydrogen) atoms. The molecule has 5 rings (SSSR count). The first kappa shape index (κ1) is 28.9. The molecule has 0 aliphatic heterocycles. The lowest BCUT2D eigenvalue weighted by Crippen LogP contribution is -2.68. The molecule has 2 unspecified atom stereocenters. The van der Waals surface area contributed by atoms with Crippen LogP contribution in [0.3, 0.4) is 0 Å². The van der Waals surface area contributed by atoms with E-state index in [4.69, 9.17) is 9.47 Å². The summed E-state index contributed by atoms with van der Waals surface area (Å²) in [5.41, 5.74) is 1.35. The zero-order chi connectivity index (χ0) is 28.8. The van der Waals surface area contributed by atoms with Crippen molar-refractivity contribution in [2.24, 2.45) is 50.2 Å². The number of fused-ring (bicyclic) bond motifs is 7. The predicted molar refractivity (Wildman–Crippen MR) is 151 cm³/mol. The molecule has 5 aliphatic carbocycles. The normalized spacial score (nSPS) is 46.8. The minimum atomic E-state index is -0.338. The Hall–Kier alpha value is -1.65. The molecular formula is C34H52O5. The molecule has 5 aliphatic rings. The average molecular weight is 541 g/mol. The van der Waals surface area contributed by atoms with Crippen LogP contribution in [0, 0.1) is 50.2 Å². The van der Waals surface area contributed by atoms with Crippen LogP contribution in [0.4, 0.5) is 0 Å². The molecule has 0 heterocycles. The van der Waals surface area contributed by atoms with E-state index in [9.17, 15) is 14.4 Å². The second-order valence-corrected chi connectivity index (χ2v) is 16.1. The quantitative estimate of drug-likeness (QED) is 0.341. The highest BCUT2D eigenvalue weighted by molar-refractivity contribution is 5.87. The number of ether oxygens (including phenoxy) is 2. The highest BCUT2D eigenvalue weighted by Crippen LogP contribution is 2.78. The Bertz CT molecular complexity index is 1120. The monoisotopic (exact) mass is 540 g/mol. The number of rotatable bonds is 3. The van der Waals surface area contributed by atoms with E-state index in [2.05, 4.69) is 48.5 Å². The van der Waals surface area contributed by atoms with Crippen LogP contribution >= 0.6 is 0 Å². The van der Waals surface area contributed by atoms with Crippen molar-refractivity contribution in [2.75, 3.05) is 6.61 Å². The molecular weight excluding hydrogens is 488 g/mol. The molecule has 0 bridgehead atoms. The van der Waals surface area contributed by atoms with Gasteiger partial charge in [0.25, 0.3) is 0 Å². The van der Waals surface area contributed by atoms with Crippen molar-refractivity contribution in [2.45, 2.75) is 127 Å². The first-order valence-electron chi connectivity index (χ1n) is 15.5. The van der Waals surface area contributed by atoms with Crippen LogP contribution in [0.1, 0.15) is 127 Å². The molecule has 5 heteroatoms. The molecule has 8 atom stereocenters. The summed E-state index contributed by atoms with van der Waals surface area (Å²) in [5, 5.41) is 0. The van der Waals surface area contributed by atoms with Gasteiger partial charge in [0.05, 0.1) is 13.0 Å². The van der Waals surface area contributed by atoms with Gasteiger partial charge in [-0.15, -0.1) is 0 Å². The molecule has 5 nitrogen and oxygen atoms in total. The lowest BCUT2D eigenvalue weighted by atomic mass is 9.30. The fourth-order valence-electron chi connectivity index (χ4n) is 11.4. The molecule has 218 valence electrons. The maximum Gasteiger partial charge on any atom is 0.307 e. The summed E-state index contributed by atoms with van der Waals surface area (Å²) >= 11 is 0. The van der Waals surface area contributed by atoms with Gasteiger partial charge < -0.3 is 9.47 Å². The van der Waals surface area contributed by atoms with Gasteiger partial charge in [-0.3, -0.25) is 14.4 Å². The molecule has 0 radical (unpaired) electrons. The van der Waals surface area contributed by atoms with Crippen molar-refractivity contribution < 1.29 is 23.9 Å². The first-order chi connectivity index (χ1) is 17.9. The van der Waals surface area contributed by atoms with E-state index in [1.807, 2.05) is 0 Å². The molecule has 4 fully saturated rings. The first-order valence-corrected chi connectivity index (χ1v) is 15.5. The molecule has 0 aromatic heterocycles. The summed E-state index contributed by atoms with van der Waals surface area (Å²) in [4.78, 5) is 37.8. The highest BCUT2D eigenvalue weighted by atomic mass is 16.5. The van der Waals surface area contributed by atoms with E-state index < -0.39 is 0 Å². The Balaban J connectivity index is 1.55. The Kier molecular flexibility index (Phi) is 6.60. The second-order valence-electron chi connectivity index (χ2n) is 16.1. The van der Waals surface area contributed by atoms with Crippen molar-refractivity contribution >= 4 is 17.7 Å². The third kappa shape index (κ3) is 4.02. The van der Waals surface area contributed by atoms with E-state index in [0.717, 1.165) is 50.5 Å². The summed E-state index contributed by atoms with van der Waals surface area (Å²) in [6, 6.07) is 0. The van der Waals surface area contributed by atoms with Crippen LogP contribution in [-0.4, -0.2) is 24.3 Å². The maximum absolute atomic E-state index is 14.0. The van der Waals surface area contributed by atoms with Gasteiger partial charge in [0.15, 0.2) is 0 Å². The summed E-state index contributed by atoms with van der Waals surface area (Å²) in [7, 11) is 0. The van der Waals surface area contributed by atoms with Crippen LogP contribution in [0.2, 0.25) is 0 Å². The zero-order valence-electron chi connectivity index (χ0n) is 26.1. The van der Waals surface area contributed by atoms with Gasteiger partial charge in [-0.25, -0.2) is 0 Å². The van der Waals surface area contributed by atoms with Gasteiger partial charge in [0, 0.05) is 30.6 Å². The van der Waals surface area contributed by atoms with Crippen molar-refractivity contribution in [1.82, 2.24) is 0 Å². The van der Waals surface area contributed by atoms with E-state index in [0.29, 0.717) is 24.2 Å². The molecule has 0 saturated heterocycles. The topological polar surface area (TPSA) is 69.7 Å². The van der Waals surface area contributed by atoms with E-state index in [-0.39, 0.29) is 62.6 Å². The molecule has 0 amide bonds. The van der Waals surface area contributed by atoms with Gasteiger partial charge >= 0.3 is 11.9 Å². The van der Waals surface area contributed by atoms with Crippen LogP contribution in [0.25, 0.3) is 0 Å². The number of carbonyl (C=O) groups excluding carboxylic acids is 3. The smallest absolute Gasteiger partial charge is 0.307 e. The Morgan fingerprint density at radius 3 is 2.08 bits per heavy atom.